The highest BCUT2D eigenvalue weighted by atomic mass is 19.4. The van der Waals surface area contributed by atoms with Gasteiger partial charge in [0.25, 0.3) is 0 Å². The number of alkyl halides is 3. The Labute approximate surface area is 152 Å². The van der Waals surface area contributed by atoms with Crippen LogP contribution < -0.4 is 5.32 Å². The average molecular weight is 368 g/mol. The van der Waals surface area contributed by atoms with E-state index in [4.69, 9.17) is 0 Å². The zero-order valence-corrected chi connectivity index (χ0v) is 15.2. The SMILES string of the molecule is C[C@@H](NC(=O)CN1CCC[C@@H](C(F)(F)F)C1)c1ccc2c(c1)CCCC2. The lowest BCUT2D eigenvalue weighted by Gasteiger charge is -2.33. The first kappa shape index (κ1) is 19.2. The highest BCUT2D eigenvalue weighted by Crippen LogP contribution is 2.33. The van der Waals surface area contributed by atoms with Gasteiger partial charge in [0, 0.05) is 6.54 Å². The molecule has 1 heterocycles. The molecule has 144 valence electrons. The minimum Gasteiger partial charge on any atom is -0.348 e. The Kier molecular flexibility index (Phi) is 5.90. The number of nitrogens with one attached hydrogen (secondary N) is 1. The Hall–Kier alpha value is -1.56. The molecule has 1 aromatic rings. The number of aryl methyl sites for hydroxylation is 2. The van der Waals surface area contributed by atoms with Crippen LogP contribution in [0.1, 0.15) is 55.3 Å². The quantitative estimate of drug-likeness (QED) is 0.871. The van der Waals surface area contributed by atoms with Crippen LogP contribution in [0.25, 0.3) is 0 Å². The summed E-state index contributed by atoms with van der Waals surface area (Å²) in [6, 6.07) is 6.22. The predicted molar refractivity (Wildman–Crippen MR) is 94.9 cm³/mol. The third-order valence-electron chi connectivity index (χ3n) is 5.59. The first-order valence-electron chi connectivity index (χ1n) is 9.53. The number of amides is 1. The van der Waals surface area contributed by atoms with Crippen molar-refractivity contribution < 1.29 is 18.0 Å². The highest BCUT2D eigenvalue weighted by molar-refractivity contribution is 5.78. The predicted octanol–water partition coefficient (Wildman–Crippen LogP) is 4.02. The maximum Gasteiger partial charge on any atom is 0.393 e. The van der Waals surface area contributed by atoms with E-state index in [1.165, 1.54) is 24.0 Å². The molecular formula is C20H27F3N2O. The second kappa shape index (κ2) is 7.99. The second-order valence-electron chi connectivity index (χ2n) is 7.64. The number of hydrogen-bond donors (Lipinski definition) is 1. The van der Waals surface area contributed by atoms with Crippen LogP contribution in [-0.4, -0.2) is 36.6 Å². The molecule has 2 aliphatic rings. The maximum absolute atomic E-state index is 12.9. The molecule has 1 fully saturated rings. The smallest absolute Gasteiger partial charge is 0.348 e. The molecule has 1 aliphatic carbocycles. The van der Waals surface area contributed by atoms with Crippen molar-refractivity contribution in [1.82, 2.24) is 10.2 Å². The van der Waals surface area contributed by atoms with E-state index in [0.717, 1.165) is 18.4 Å². The minimum atomic E-state index is -4.18. The number of carbonyl (C=O) groups excluding carboxylic acids is 1. The molecule has 0 radical (unpaired) electrons. The van der Waals surface area contributed by atoms with E-state index in [2.05, 4.69) is 23.5 Å². The zero-order valence-electron chi connectivity index (χ0n) is 15.2. The van der Waals surface area contributed by atoms with Crippen molar-refractivity contribution in [3.63, 3.8) is 0 Å². The summed E-state index contributed by atoms with van der Waals surface area (Å²) >= 11 is 0. The van der Waals surface area contributed by atoms with Gasteiger partial charge in [0.05, 0.1) is 18.5 Å². The molecule has 1 N–H and O–H groups in total. The fourth-order valence-electron chi connectivity index (χ4n) is 4.06. The molecular weight excluding hydrogens is 341 g/mol. The molecule has 0 spiro atoms. The van der Waals surface area contributed by atoms with Gasteiger partial charge in [-0.1, -0.05) is 18.2 Å². The Bertz CT molecular complexity index is 644. The number of rotatable bonds is 4. The first-order chi connectivity index (χ1) is 12.3. The number of benzene rings is 1. The summed E-state index contributed by atoms with van der Waals surface area (Å²) in [5.41, 5.74) is 3.81. The normalized spacial score (nSPS) is 22.5. The third kappa shape index (κ3) is 4.78. The van der Waals surface area contributed by atoms with E-state index >= 15 is 0 Å². The summed E-state index contributed by atoms with van der Waals surface area (Å²) in [4.78, 5) is 13.9. The van der Waals surface area contributed by atoms with Gasteiger partial charge in [0.2, 0.25) is 5.91 Å². The number of nitrogens with zero attached hydrogens (tertiary/aromatic N) is 1. The van der Waals surface area contributed by atoms with Gasteiger partial charge in [-0.2, -0.15) is 13.2 Å². The van der Waals surface area contributed by atoms with Crippen molar-refractivity contribution in [2.24, 2.45) is 5.92 Å². The standard InChI is InChI=1S/C20H27F3N2O/c1-14(16-9-8-15-5-2-3-6-17(15)11-16)24-19(26)13-25-10-4-7-18(12-25)20(21,22)23/h8-9,11,14,18H,2-7,10,12-13H2,1H3,(H,24,26)/t14-,18-/m1/s1. The maximum atomic E-state index is 12.9. The number of likely N-dealkylation sites (tertiary alicyclic amines) is 1. The Morgan fingerprint density at radius 2 is 1.96 bits per heavy atom. The van der Waals surface area contributed by atoms with Crippen LogP contribution in [0, 0.1) is 5.92 Å². The molecule has 6 heteroatoms. The van der Waals surface area contributed by atoms with Crippen molar-refractivity contribution in [2.75, 3.05) is 19.6 Å². The number of fused-ring (bicyclic) bond motifs is 1. The van der Waals surface area contributed by atoms with E-state index in [9.17, 15) is 18.0 Å². The van der Waals surface area contributed by atoms with Gasteiger partial charge in [0.1, 0.15) is 0 Å². The molecule has 1 aromatic carbocycles. The van der Waals surface area contributed by atoms with Crippen LogP contribution in [-0.2, 0) is 17.6 Å². The van der Waals surface area contributed by atoms with Gasteiger partial charge < -0.3 is 5.32 Å². The summed E-state index contributed by atoms with van der Waals surface area (Å²) in [7, 11) is 0. The molecule has 3 rings (SSSR count). The molecule has 1 saturated heterocycles. The van der Waals surface area contributed by atoms with Crippen LogP contribution in [0.15, 0.2) is 18.2 Å². The topological polar surface area (TPSA) is 32.3 Å². The van der Waals surface area contributed by atoms with Gasteiger partial charge >= 0.3 is 6.18 Å². The summed E-state index contributed by atoms with van der Waals surface area (Å²) < 4.78 is 38.7. The Balaban J connectivity index is 1.54. The molecule has 0 bridgehead atoms. The van der Waals surface area contributed by atoms with E-state index in [0.29, 0.717) is 13.0 Å². The number of carbonyl (C=O) groups is 1. The largest absolute Gasteiger partial charge is 0.393 e. The van der Waals surface area contributed by atoms with E-state index in [1.807, 2.05) is 6.92 Å². The lowest BCUT2D eigenvalue weighted by Crippen LogP contribution is -2.46. The molecule has 1 aliphatic heterocycles. The van der Waals surface area contributed by atoms with Gasteiger partial charge in [-0.15, -0.1) is 0 Å². The molecule has 3 nitrogen and oxygen atoms in total. The Morgan fingerprint density at radius 3 is 2.69 bits per heavy atom. The summed E-state index contributed by atoms with van der Waals surface area (Å²) in [5, 5.41) is 2.94. The Morgan fingerprint density at radius 1 is 1.23 bits per heavy atom. The lowest BCUT2D eigenvalue weighted by atomic mass is 9.89. The fraction of sp³-hybridized carbons (Fsp3) is 0.650. The van der Waals surface area contributed by atoms with Crippen molar-refractivity contribution in [3.8, 4) is 0 Å². The molecule has 1 amide bonds. The van der Waals surface area contributed by atoms with Gasteiger partial charge in [-0.3, -0.25) is 9.69 Å². The van der Waals surface area contributed by atoms with Crippen molar-refractivity contribution in [3.05, 3.63) is 34.9 Å². The molecule has 26 heavy (non-hydrogen) atoms. The number of halogens is 3. The van der Waals surface area contributed by atoms with Crippen LogP contribution in [0.5, 0.6) is 0 Å². The molecule has 2 atom stereocenters. The van der Waals surface area contributed by atoms with Crippen molar-refractivity contribution >= 4 is 5.91 Å². The van der Waals surface area contributed by atoms with Crippen LogP contribution >= 0.6 is 0 Å². The first-order valence-corrected chi connectivity index (χ1v) is 9.53. The third-order valence-corrected chi connectivity index (χ3v) is 5.59. The van der Waals surface area contributed by atoms with Gasteiger partial charge in [0.15, 0.2) is 0 Å². The monoisotopic (exact) mass is 368 g/mol. The van der Waals surface area contributed by atoms with Crippen molar-refractivity contribution in [1.29, 1.82) is 0 Å². The summed E-state index contributed by atoms with van der Waals surface area (Å²) in [6.45, 7) is 2.43. The molecule has 0 aromatic heterocycles. The van der Waals surface area contributed by atoms with Crippen LogP contribution in [0.3, 0.4) is 0 Å². The highest BCUT2D eigenvalue weighted by Gasteiger charge is 2.41. The second-order valence-corrected chi connectivity index (χ2v) is 7.64. The number of hydrogen-bond acceptors (Lipinski definition) is 2. The average Bonchev–Trinajstić information content (AvgIpc) is 2.60. The van der Waals surface area contributed by atoms with Crippen LogP contribution in [0.4, 0.5) is 13.2 Å². The summed E-state index contributed by atoms with van der Waals surface area (Å²) in [5.74, 6) is -1.53. The number of piperidine rings is 1. The molecule has 0 saturated carbocycles. The van der Waals surface area contributed by atoms with E-state index < -0.39 is 12.1 Å². The summed E-state index contributed by atoms with van der Waals surface area (Å²) in [6.07, 6.45) is 1.10. The van der Waals surface area contributed by atoms with Crippen LogP contribution in [0.2, 0.25) is 0 Å². The fourth-order valence-corrected chi connectivity index (χ4v) is 4.06. The minimum absolute atomic E-state index is 0.0296. The lowest BCUT2D eigenvalue weighted by molar-refractivity contribution is -0.187. The zero-order chi connectivity index (χ0) is 18.7. The van der Waals surface area contributed by atoms with Gasteiger partial charge in [-0.25, -0.2) is 0 Å². The van der Waals surface area contributed by atoms with E-state index in [1.54, 1.807) is 4.90 Å². The van der Waals surface area contributed by atoms with Crippen molar-refractivity contribution in [2.45, 2.75) is 57.7 Å². The molecule has 0 unspecified atom stereocenters. The van der Waals surface area contributed by atoms with Gasteiger partial charge in [-0.05, 0) is 68.7 Å². The van der Waals surface area contributed by atoms with E-state index in [-0.39, 0.29) is 31.5 Å².